The van der Waals surface area contributed by atoms with E-state index in [0.29, 0.717) is 30.3 Å². The topological polar surface area (TPSA) is 115 Å². The van der Waals surface area contributed by atoms with Crippen LogP contribution >= 0.6 is 0 Å². The molecule has 42 heavy (non-hydrogen) atoms. The Kier molecular flexibility index (Phi) is 8.47. The van der Waals surface area contributed by atoms with Gasteiger partial charge in [-0.2, -0.15) is 0 Å². The van der Waals surface area contributed by atoms with E-state index in [1.54, 1.807) is 18.2 Å². The number of hydrogen-bond donors (Lipinski definition) is 2. The molecule has 0 saturated heterocycles. The first kappa shape index (κ1) is 28.4. The van der Waals surface area contributed by atoms with E-state index in [9.17, 15) is 19.2 Å². The highest BCUT2D eigenvalue weighted by atomic mass is 16.3. The van der Waals surface area contributed by atoms with Crippen molar-refractivity contribution in [3.8, 4) is 0 Å². The van der Waals surface area contributed by atoms with Crippen LogP contribution in [0.25, 0.3) is 10.9 Å². The average molecular weight is 565 g/mol. The zero-order valence-electron chi connectivity index (χ0n) is 23.5. The summed E-state index contributed by atoms with van der Waals surface area (Å²) in [6, 6.07) is 25.2. The first-order valence-electron chi connectivity index (χ1n) is 13.8. The van der Waals surface area contributed by atoms with Gasteiger partial charge >= 0.3 is 5.69 Å². The molecule has 0 aliphatic carbocycles. The van der Waals surface area contributed by atoms with Crippen LogP contribution in [0.2, 0.25) is 0 Å². The Bertz CT molecular complexity index is 1820. The Morgan fingerprint density at radius 2 is 1.64 bits per heavy atom. The Labute approximate surface area is 242 Å². The summed E-state index contributed by atoms with van der Waals surface area (Å²) < 4.78 is 7.62. The van der Waals surface area contributed by atoms with Crippen LogP contribution in [-0.2, 0) is 24.3 Å². The van der Waals surface area contributed by atoms with Gasteiger partial charge in [0.05, 0.1) is 23.7 Å². The second kappa shape index (κ2) is 12.6. The third-order valence-corrected chi connectivity index (χ3v) is 7.09. The minimum Gasteiger partial charge on any atom is -0.467 e. The molecule has 9 nitrogen and oxygen atoms in total. The maximum atomic E-state index is 13.7. The van der Waals surface area contributed by atoms with Gasteiger partial charge in [-0.3, -0.25) is 23.5 Å². The van der Waals surface area contributed by atoms with Crippen LogP contribution < -0.4 is 21.9 Å². The number of carbonyl (C=O) groups excluding carboxylic acids is 2. The van der Waals surface area contributed by atoms with E-state index in [4.69, 9.17) is 4.42 Å². The summed E-state index contributed by atoms with van der Waals surface area (Å²) in [5.74, 6) is -0.0262. The fourth-order valence-corrected chi connectivity index (χ4v) is 4.77. The minimum absolute atomic E-state index is 0.0966. The molecular weight excluding hydrogens is 532 g/mol. The molecule has 5 rings (SSSR count). The summed E-state index contributed by atoms with van der Waals surface area (Å²) in [4.78, 5) is 53.2. The van der Waals surface area contributed by atoms with Crippen molar-refractivity contribution in [2.75, 3.05) is 11.9 Å². The number of rotatable bonds is 10. The number of carbonyl (C=O) groups is 2. The van der Waals surface area contributed by atoms with Crippen LogP contribution in [0.5, 0.6) is 0 Å². The van der Waals surface area contributed by atoms with Gasteiger partial charge in [0, 0.05) is 17.8 Å². The molecule has 3 aromatic carbocycles. The first-order valence-corrected chi connectivity index (χ1v) is 13.8. The van der Waals surface area contributed by atoms with Gasteiger partial charge < -0.3 is 15.1 Å². The lowest BCUT2D eigenvalue weighted by molar-refractivity contribution is -0.116. The average Bonchev–Trinajstić information content (AvgIpc) is 3.51. The van der Waals surface area contributed by atoms with Gasteiger partial charge in [-0.05, 0) is 65.9 Å². The van der Waals surface area contributed by atoms with Crippen molar-refractivity contribution in [3.05, 3.63) is 134 Å². The van der Waals surface area contributed by atoms with Gasteiger partial charge in [0.1, 0.15) is 12.3 Å². The molecule has 0 atom stereocenters. The molecule has 2 amide bonds. The predicted octanol–water partition coefficient (Wildman–Crippen LogP) is 4.54. The third kappa shape index (κ3) is 6.41. The largest absolute Gasteiger partial charge is 0.467 e. The summed E-state index contributed by atoms with van der Waals surface area (Å²) in [7, 11) is 0. The smallest absolute Gasteiger partial charge is 0.332 e. The maximum Gasteiger partial charge on any atom is 0.332 e. The van der Waals surface area contributed by atoms with Crippen molar-refractivity contribution >= 4 is 28.4 Å². The monoisotopic (exact) mass is 564 g/mol. The highest BCUT2D eigenvalue weighted by Crippen LogP contribution is 2.18. The lowest BCUT2D eigenvalue weighted by Crippen LogP contribution is -2.42. The summed E-state index contributed by atoms with van der Waals surface area (Å²) >= 11 is 0. The molecule has 0 unspecified atom stereocenters. The van der Waals surface area contributed by atoms with E-state index >= 15 is 0 Å². The summed E-state index contributed by atoms with van der Waals surface area (Å²) in [5, 5.41) is 5.92. The van der Waals surface area contributed by atoms with Crippen molar-refractivity contribution in [3.63, 3.8) is 0 Å². The highest BCUT2D eigenvalue weighted by Gasteiger charge is 2.18. The second-order valence-corrected chi connectivity index (χ2v) is 10.4. The summed E-state index contributed by atoms with van der Waals surface area (Å²) in [6.45, 7) is 4.12. The van der Waals surface area contributed by atoms with Crippen molar-refractivity contribution in [2.24, 2.45) is 0 Å². The zero-order valence-corrected chi connectivity index (χ0v) is 23.5. The van der Waals surface area contributed by atoms with Gasteiger partial charge in [0.25, 0.3) is 11.5 Å². The molecule has 0 fully saturated rings. The molecule has 2 N–H and O–H groups in total. The van der Waals surface area contributed by atoms with Gasteiger partial charge in [-0.15, -0.1) is 0 Å². The van der Waals surface area contributed by atoms with Gasteiger partial charge in [0.2, 0.25) is 5.91 Å². The fraction of sp³-hybridized carbons (Fsp3) is 0.212. The minimum atomic E-state index is -0.684. The van der Waals surface area contributed by atoms with Gasteiger partial charge in [-0.1, -0.05) is 56.3 Å². The molecule has 214 valence electrons. The summed E-state index contributed by atoms with van der Waals surface area (Å²) in [6.07, 6.45) is 2.11. The molecule has 0 aliphatic heterocycles. The quantitative estimate of drug-likeness (QED) is 0.259. The molecule has 9 heteroatoms. The standard InChI is InChI=1S/C33H32N4O5/c1-22(2)24-10-13-26(14-11-24)35-30(38)21-36-29-19-25(31(39)34-17-16-23-7-4-3-5-8-23)12-15-28(29)32(40)37(33(36)41)20-27-9-6-18-42-27/h3-15,18-19,22H,16-17,20-21H2,1-2H3,(H,34,39)(H,35,38). The van der Waals surface area contributed by atoms with E-state index in [2.05, 4.69) is 24.5 Å². The van der Waals surface area contributed by atoms with E-state index in [1.807, 2.05) is 54.6 Å². The van der Waals surface area contributed by atoms with Crippen molar-refractivity contribution in [1.82, 2.24) is 14.5 Å². The zero-order chi connectivity index (χ0) is 29.6. The van der Waals surface area contributed by atoms with E-state index in [1.165, 1.54) is 23.0 Å². The molecule has 0 spiro atoms. The van der Waals surface area contributed by atoms with Crippen LogP contribution in [0, 0.1) is 0 Å². The second-order valence-electron chi connectivity index (χ2n) is 10.4. The van der Waals surface area contributed by atoms with Crippen LogP contribution in [0.4, 0.5) is 5.69 Å². The lowest BCUT2D eigenvalue weighted by Gasteiger charge is -2.15. The highest BCUT2D eigenvalue weighted by molar-refractivity contribution is 5.98. The van der Waals surface area contributed by atoms with E-state index < -0.39 is 17.2 Å². The molecule has 0 radical (unpaired) electrons. The molecular formula is C33H32N4O5. The number of anilines is 1. The number of benzene rings is 3. The molecule has 2 aromatic heterocycles. The van der Waals surface area contributed by atoms with Crippen LogP contribution in [0.15, 0.2) is 105 Å². The van der Waals surface area contributed by atoms with Crippen molar-refractivity contribution < 1.29 is 14.0 Å². The van der Waals surface area contributed by atoms with E-state index in [-0.39, 0.29) is 35.5 Å². The van der Waals surface area contributed by atoms with E-state index in [0.717, 1.165) is 15.7 Å². The number of nitrogens with zero attached hydrogens (tertiary/aromatic N) is 2. The number of hydrogen-bond acceptors (Lipinski definition) is 5. The molecule has 2 heterocycles. The summed E-state index contributed by atoms with van der Waals surface area (Å²) in [5.41, 5.74) is 2.06. The van der Waals surface area contributed by atoms with Gasteiger partial charge in [-0.25, -0.2) is 4.79 Å². The number of fused-ring (bicyclic) bond motifs is 1. The number of furan rings is 1. The van der Waals surface area contributed by atoms with Gasteiger partial charge in [0.15, 0.2) is 0 Å². The van der Waals surface area contributed by atoms with Crippen LogP contribution in [-0.4, -0.2) is 27.5 Å². The normalized spacial score (nSPS) is 11.1. The SMILES string of the molecule is CC(C)c1ccc(NC(=O)Cn2c(=O)n(Cc3ccco3)c(=O)c3ccc(C(=O)NCCc4ccccc4)cc32)cc1. The molecule has 0 bridgehead atoms. The van der Waals surface area contributed by atoms with Crippen LogP contribution in [0.1, 0.15) is 47.0 Å². The number of nitrogens with one attached hydrogen (secondary N) is 2. The number of aromatic nitrogens is 2. The molecule has 0 saturated carbocycles. The fourth-order valence-electron chi connectivity index (χ4n) is 4.77. The first-order chi connectivity index (χ1) is 20.3. The maximum absolute atomic E-state index is 13.7. The Morgan fingerprint density at radius 3 is 2.33 bits per heavy atom. The molecule has 5 aromatic rings. The Balaban J connectivity index is 1.46. The Morgan fingerprint density at radius 1 is 0.881 bits per heavy atom. The predicted molar refractivity (Wildman–Crippen MR) is 162 cm³/mol. The van der Waals surface area contributed by atoms with Crippen LogP contribution in [0.3, 0.4) is 0 Å². The number of amides is 2. The lowest BCUT2D eigenvalue weighted by atomic mass is 10.0. The van der Waals surface area contributed by atoms with Crippen molar-refractivity contribution in [2.45, 2.75) is 39.3 Å². The Hall–Kier alpha value is -5.18. The molecule has 0 aliphatic rings. The van der Waals surface area contributed by atoms with Crippen molar-refractivity contribution in [1.29, 1.82) is 0 Å². The third-order valence-electron chi connectivity index (χ3n) is 7.09.